The van der Waals surface area contributed by atoms with E-state index in [4.69, 9.17) is 11.2 Å². The molecule has 0 saturated heterocycles. The molecule has 1 rings (SSSR count). The van der Waals surface area contributed by atoms with Crippen LogP contribution in [0.5, 0.6) is 5.75 Å². The number of aryl methyl sites for hydroxylation is 2. The third-order valence-corrected chi connectivity index (χ3v) is 1.90. The van der Waals surface area contributed by atoms with Crippen LogP contribution in [0.25, 0.3) is 0 Å². The zero-order valence-electron chi connectivity index (χ0n) is 7.64. The summed E-state index contributed by atoms with van der Waals surface area (Å²) >= 11 is 0. The van der Waals surface area contributed by atoms with E-state index >= 15 is 0 Å². The SMILES string of the molecule is C#Cc1cc(C)c(OC)cc1C. The maximum atomic E-state index is 5.32. The summed E-state index contributed by atoms with van der Waals surface area (Å²) < 4.78 is 5.16. The summed E-state index contributed by atoms with van der Waals surface area (Å²) in [5.41, 5.74) is 3.10. The van der Waals surface area contributed by atoms with Gasteiger partial charge in [0.1, 0.15) is 5.75 Å². The van der Waals surface area contributed by atoms with Gasteiger partial charge in [0.15, 0.2) is 0 Å². The molecule has 0 heterocycles. The molecule has 1 aromatic rings. The Hall–Kier alpha value is -1.42. The number of terminal acetylenes is 1. The maximum absolute atomic E-state index is 5.32. The van der Waals surface area contributed by atoms with Crippen LogP contribution in [0.1, 0.15) is 16.7 Å². The lowest BCUT2D eigenvalue weighted by atomic mass is 10.1. The molecule has 0 N–H and O–H groups in total. The van der Waals surface area contributed by atoms with E-state index in [1.54, 1.807) is 7.11 Å². The number of methoxy groups -OCH3 is 1. The summed E-state index contributed by atoms with van der Waals surface area (Å²) in [4.78, 5) is 0. The van der Waals surface area contributed by atoms with Crippen molar-refractivity contribution in [3.63, 3.8) is 0 Å². The summed E-state index contributed by atoms with van der Waals surface area (Å²) in [6.07, 6.45) is 5.32. The van der Waals surface area contributed by atoms with Crippen LogP contribution in [-0.4, -0.2) is 7.11 Å². The van der Waals surface area contributed by atoms with E-state index in [0.29, 0.717) is 0 Å². The molecule has 1 aromatic carbocycles. The summed E-state index contributed by atoms with van der Waals surface area (Å²) in [5.74, 6) is 3.53. The molecule has 0 unspecified atom stereocenters. The highest BCUT2D eigenvalue weighted by atomic mass is 16.5. The lowest BCUT2D eigenvalue weighted by Crippen LogP contribution is -1.90. The van der Waals surface area contributed by atoms with Gasteiger partial charge in [0.2, 0.25) is 0 Å². The number of rotatable bonds is 1. The number of hydrogen-bond acceptors (Lipinski definition) is 1. The van der Waals surface area contributed by atoms with Crippen molar-refractivity contribution in [3.8, 4) is 18.1 Å². The zero-order valence-corrected chi connectivity index (χ0v) is 7.64. The van der Waals surface area contributed by atoms with Gasteiger partial charge in [0.05, 0.1) is 7.11 Å². The first kappa shape index (κ1) is 8.67. The molecule has 0 aliphatic carbocycles. The van der Waals surface area contributed by atoms with Crippen LogP contribution in [0, 0.1) is 26.2 Å². The van der Waals surface area contributed by atoms with Crippen molar-refractivity contribution in [2.45, 2.75) is 13.8 Å². The predicted molar refractivity (Wildman–Crippen MR) is 50.4 cm³/mol. The van der Waals surface area contributed by atoms with Crippen molar-refractivity contribution in [1.29, 1.82) is 0 Å². The lowest BCUT2D eigenvalue weighted by molar-refractivity contribution is 0.411. The standard InChI is InChI=1S/C11H12O/c1-5-10-6-9(3)11(12-4)7-8(10)2/h1,6-7H,2-4H3. The molecule has 0 aliphatic heterocycles. The van der Waals surface area contributed by atoms with Crippen molar-refractivity contribution >= 4 is 0 Å². The molecular formula is C11H12O. The van der Waals surface area contributed by atoms with E-state index in [-0.39, 0.29) is 0 Å². The Balaban J connectivity index is 3.28. The Kier molecular flexibility index (Phi) is 2.40. The maximum Gasteiger partial charge on any atom is 0.122 e. The number of benzene rings is 1. The monoisotopic (exact) mass is 160 g/mol. The van der Waals surface area contributed by atoms with Gasteiger partial charge in [0.25, 0.3) is 0 Å². The Morgan fingerprint density at radius 3 is 2.42 bits per heavy atom. The van der Waals surface area contributed by atoms with E-state index in [1.165, 1.54) is 0 Å². The Labute approximate surface area is 73.4 Å². The zero-order chi connectivity index (χ0) is 9.14. The van der Waals surface area contributed by atoms with Gasteiger partial charge in [-0.1, -0.05) is 5.92 Å². The molecule has 1 nitrogen and oxygen atoms in total. The van der Waals surface area contributed by atoms with Crippen molar-refractivity contribution in [1.82, 2.24) is 0 Å². The fourth-order valence-corrected chi connectivity index (χ4v) is 1.17. The first-order valence-corrected chi connectivity index (χ1v) is 3.81. The molecule has 0 atom stereocenters. The highest BCUT2D eigenvalue weighted by Crippen LogP contribution is 2.21. The largest absolute Gasteiger partial charge is 0.496 e. The minimum absolute atomic E-state index is 0.895. The van der Waals surface area contributed by atoms with Crippen molar-refractivity contribution in [2.24, 2.45) is 0 Å². The van der Waals surface area contributed by atoms with E-state index in [1.807, 2.05) is 26.0 Å². The van der Waals surface area contributed by atoms with E-state index in [9.17, 15) is 0 Å². The molecule has 0 bridgehead atoms. The van der Waals surface area contributed by atoms with Gasteiger partial charge in [-0.2, -0.15) is 0 Å². The second kappa shape index (κ2) is 3.32. The van der Waals surface area contributed by atoms with Crippen molar-refractivity contribution in [3.05, 3.63) is 28.8 Å². The molecule has 12 heavy (non-hydrogen) atoms. The molecule has 0 fully saturated rings. The summed E-state index contributed by atoms with van der Waals surface area (Å²) in [6, 6.07) is 3.93. The van der Waals surface area contributed by atoms with Gasteiger partial charge in [-0.05, 0) is 37.1 Å². The Morgan fingerprint density at radius 1 is 1.25 bits per heavy atom. The Bertz CT molecular complexity index is 331. The van der Waals surface area contributed by atoms with Crippen LogP contribution >= 0.6 is 0 Å². The highest BCUT2D eigenvalue weighted by Gasteiger charge is 2.01. The van der Waals surface area contributed by atoms with Crippen LogP contribution in [0.4, 0.5) is 0 Å². The van der Waals surface area contributed by atoms with Gasteiger partial charge in [-0.15, -0.1) is 6.42 Å². The van der Waals surface area contributed by atoms with Gasteiger partial charge in [0, 0.05) is 5.56 Å². The molecule has 0 spiro atoms. The molecular weight excluding hydrogens is 148 g/mol. The first-order chi connectivity index (χ1) is 5.69. The van der Waals surface area contributed by atoms with Gasteiger partial charge < -0.3 is 4.74 Å². The van der Waals surface area contributed by atoms with Crippen molar-refractivity contribution in [2.75, 3.05) is 7.11 Å². The van der Waals surface area contributed by atoms with Crippen LogP contribution in [0.3, 0.4) is 0 Å². The third-order valence-electron chi connectivity index (χ3n) is 1.90. The topological polar surface area (TPSA) is 9.23 Å². The molecule has 0 aromatic heterocycles. The average molecular weight is 160 g/mol. The minimum atomic E-state index is 0.895. The van der Waals surface area contributed by atoms with Crippen LogP contribution in [-0.2, 0) is 0 Å². The molecule has 62 valence electrons. The van der Waals surface area contributed by atoms with Gasteiger partial charge >= 0.3 is 0 Å². The third kappa shape index (κ3) is 1.43. The molecule has 0 aliphatic rings. The lowest BCUT2D eigenvalue weighted by Gasteiger charge is -2.06. The second-order valence-corrected chi connectivity index (χ2v) is 2.78. The minimum Gasteiger partial charge on any atom is -0.496 e. The van der Waals surface area contributed by atoms with E-state index in [0.717, 1.165) is 22.4 Å². The first-order valence-electron chi connectivity index (χ1n) is 3.81. The molecule has 0 radical (unpaired) electrons. The smallest absolute Gasteiger partial charge is 0.122 e. The van der Waals surface area contributed by atoms with Crippen LogP contribution in [0.15, 0.2) is 12.1 Å². The van der Waals surface area contributed by atoms with Gasteiger partial charge in [-0.25, -0.2) is 0 Å². The quantitative estimate of drug-likeness (QED) is 0.573. The molecule has 0 amide bonds. The summed E-state index contributed by atoms with van der Waals surface area (Å²) in [7, 11) is 1.66. The fourth-order valence-electron chi connectivity index (χ4n) is 1.17. The molecule has 0 saturated carbocycles. The second-order valence-electron chi connectivity index (χ2n) is 2.78. The fraction of sp³-hybridized carbons (Fsp3) is 0.273. The highest BCUT2D eigenvalue weighted by molar-refractivity contribution is 5.47. The van der Waals surface area contributed by atoms with Gasteiger partial charge in [-0.3, -0.25) is 0 Å². The van der Waals surface area contributed by atoms with Crippen molar-refractivity contribution < 1.29 is 4.74 Å². The normalized spacial score (nSPS) is 9.17. The predicted octanol–water partition coefficient (Wildman–Crippen LogP) is 2.29. The average Bonchev–Trinajstić information content (AvgIpc) is 2.08. The number of hydrogen-bond donors (Lipinski definition) is 0. The van der Waals surface area contributed by atoms with E-state index < -0.39 is 0 Å². The van der Waals surface area contributed by atoms with Crippen LogP contribution in [0.2, 0.25) is 0 Å². The van der Waals surface area contributed by atoms with E-state index in [2.05, 4.69) is 5.92 Å². The summed E-state index contributed by atoms with van der Waals surface area (Å²) in [5, 5.41) is 0. The number of ether oxygens (including phenoxy) is 1. The summed E-state index contributed by atoms with van der Waals surface area (Å²) in [6.45, 7) is 3.97. The molecule has 1 heteroatoms. The Morgan fingerprint density at radius 2 is 1.92 bits per heavy atom. The van der Waals surface area contributed by atoms with Crippen LogP contribution < -0.4 is 4.74 Å².